The lowest BCUT2D eigenvalue weighted by molar-refractivity contribution is 0.117. The Morgan fingerprint density at radius 3 is 3.05 bits per heavy atom. The third-order valence-corrected chi connectivity index (χ3v) is 5.07. The molecule has 1 fully saturated rings. The topological polar surface area (TPSA) is 45.7 Å². The number of nitrogens with zero attached hydrogens (tertiary/aromatic N) is 1. The number of ether oxygens (including phenoxy) is 1. The highest BCUT2D eigenvalue weighted by Gasteiger charge is 2.14. The van der Waals surface area contributed by atoms with E-state index in [1.165, 1.54) is 14.2 Å². The smallest absolute Gasteiger partial charge is 0.191 e. The first-order valence-corrected chi connectivity index (χ1v) is 9.05. The fraction of sp³-hybridized carbons (Fsp3) is 0.643. The van der Waals surface area contributed by atoms with Crippen molar-refractivity contribution < 1.29 is 4.74 Å². The summed E-state index contributed by atoms with van der Waals surface area (Å²) in [5, 5.41) is 6.67. The molecule has 6 heteroatoms. The molecule has 1 atom stereocenters. The van der Waals surface area contributed by atoms with Crippen LogP contribution in [0.5, 0.6) is 0 Å². The van der Waals surface area contributed by atoms with Crippen LogP contribution in [0.25, 0.3) is 0 Å². The average Bonchev–Trinajstić information content (AvgIpc) is 3.08. The van der Waals surface area contributed by atoms with Crippen LogP contribution in [0.15, 0.2) is 17.1 Å². The standard InChI is InChI=1S/C14H22IN3OS/c1-2-16-14(18-10-11-4-3-9-19-11)17-8-7-12-5-6-13(15)20-12/h5-6,11H,2-4,7-10H2,1H3,(H2,16,17,18). The van der Waals surface area contributed by atoms with E-state index in [4.69, 9.17) is 4.74 Å². The molecule has 0 spiro atoms. The molecule has 2 heterocycles. The van der Waals surface area contributed by atoms with E-state index in [0.717, 1.165) is 45.0 Å². The summed E-state index contributed by atoms with van der Waals surface area (Å²) in [5.41, 5.74) is 0. The van der Waals surface area contributed by atoms with Crippen LogP contribution in [0.4, 0.5) is 0 Å². The molecule has 0 amide bonds. The Hall–Kier alpha value is -0.340. The summed E-state index contributed by atoms with van der Waals surface area (Å²) >= 11 is 4.22. The van der Waals surface area contributed by atoms with Crippen LogP contribution in [0, 0.1) is 2.88 Å². The molecule has 1 aliphatic rings. The fourth-order valence-electron chi connectivity index (χ4n) is 2.11. The van der Waals surface area contributed by atoms with Crippen molar-refractivity contribution in [3.63, 3.8) is 0 Å². The molecule has 2 N–H and O–H groups in total. The van der Waals surface area contributed by atoms with E-state index in [1.54, 1.807) is 0 Å². The van der Waals surface area contributed by atoms with Gasteiger partial charge in [0.15, 0.2) is 5.96 Å². The van der Waals surface area contributed by atoms with E-state index in [2.05, 4.69) is 57.3 Å². The Balaban J connectivity index is 1.74. The molecule has 0 saturated carbocycles. The summed E-state index contributed by atoms with van der Waals surface area (Å²) in [6.45, 7) is 5.53. The van der Waals surface area contributed by atoms with Gasteiger partial charge in [0.1, 0.15) is 0 Å². The minimum Gasteiger partial charge on any atom is -0.376 e. The predicted molar refractivity (Wildman–Crippen MR) is 93.7 cm³/mol. The highest BCUT2D eigenvalue weighted by atomic mass is 127. The summed E-state index contributed by atoms with van der Waals surface area (Å²) in [4.78, 5) is 6.02. The van der Waals surface area contributed by atoms with Crippen LogP contribution >= 0.6 is 33.9 Å². The molecule has 1 aliphatic heterocycles. The molecular formula is C14H22IN3OS. The first kappa shape index (κ1) is 16.0. The van der Waals surface area contributed by atoms with E-state index >= 15 is 0 Å². The van der Waals surface area contributed by atoms with Gasteiger partial charge in [0.05, 0.1) is 15.5 Å². The Morgan fingerprint density at radius 2 is 2.40 bits per heavy atom. The van der Waals surface area contributed by atoms with Crippen molar-refractivity contribution in [3.05, 3.63) is 19.9 Å². The van der Waals surface area contributed by atoms with Crippen molar-refractivity contribution in [2.75, 3.05) is 26.2 Å². The molecule has 1 aromatic heterocycles. The number of thiophene rings is 1. The van der Waals surface area contributed by atoms with Gasteiger partial charge in [0, 0.05) is 24.6 Å². The number of nitrogens with one attached hydrogen (secondary N) is 2. The van der Waals surface area contributed by atoms with Gasteiger partial charge in [-0.3, -0.25) is 4.99 Å². The van der Waals surface area contributed by atoms with E-state index in [-0.39, 0.29) is 0 Å². The molecule has 4 nitrogen and oxygen atoms in total. The third-order valence-electron chi connectivity index (χ3n) is 3.11. The van der Waals surface area contributed by atoms with Gasteiger partial charge in [-0.05, 0) is 60.9 Å². The SMILES string of the molecule is CCNC(=NCC1CCCO1)NCCc1ccc(I)s1. The fourth-order valence-corrected chi connectivity index (χ4v) is 3.87. The van der Waals surface area contributed by atoms with Gasteiger partial charge in [0.25, 0.3) is 0 Å². The van der Waals surface area contributed by atoms with Gasteiger partial charge in [-0.1, -0.05) is 0 Å². The van der Waals surface area contributed by atoms with Gasteiger partial charge >= 0.3 is 0 Å². The number of hydrogen-bond acceptors (Lipinski definition) is 3. The summed E-state index contributed by atoms with van der Waals surface area (Å²) in [6, 6.07) is 4.36. The molecule has 0 bridgehead atoms. The number of aliphatic imine (C=N–C) groups is 1. The minimum atomic E-state index is 0.310. The maximum Gasteiger partial charge on any atom is 0.191 e. The predicted octanol–water partition coefficient (Wildman–Crippen LogP) is 2.63. The van der Waals surface area contributed by atoms with Crippen molar-refractivity contribution in [3.8, 4) is 0 Å². The Labute approximate surface area is 138 Å². The lowest BCUT2D eigenvalue weighted by Gasteiger charge is -2.12. The summed E-state index contributed by atoms with van der Waals surface area (Å²) in [6.07, 6.45) is 3.65. The molecule has 2 rings (SSSR count). The van der Waals surface area contributed by atoms with E-state index < -0.39 is 0 Å². The summed E-state index contributed by atoms with van der Waals surface area (Å²) < 4.78 is 6.94. The number of halogens is 1. The Morgan fingerprint density at radius 1 is 1.50 bits per heavy atom. The van der Waals surface area contributed by atoms with Gasteiger partial charge in [-0.2, -0.15) is 0 Å². The average molecular weight is 407 g/mol. The molecule has 112 valence electrons. The van der Waals surface area contributed by atoms with Crippen molar-refractivity contribution in [1.29, 1.82) is 0 Å². The zero-order valence-electron chi connectivity index (χ0n) is 11.8. The normalized spacial score (nSPS) is 19.3. The minimum absolute atomic E-state index is 0.310. The maximum absolute atomic E-state index is 5.60. The third kappa shape index (κ3) is 5.57. The molecule has 0 aliphatic carbocycles. The van der Waals surface area contributed by atoms with Crippen molar-refractivity contribution in [1.82, 2.24) is 10.6 Å². The van der Waals surface area contributed by atoms with Crippen LogP contribution in [-0.2, 0) is 11.2 Å². The molecule has 0 aromatic carbocycles. The zero-order chi connectivity index (χ0) is 14.2. The molecule has 1 unspecified atom stereocenters. The quantitative estimate of drug-likeness (QED) is 0.433. The molecular weight excluding hydrogens is 385 g/mol. The Bertz CT molecular complexity index is 430. The largest absolute Gasteiger partial charge is 0.376 e. The highest BCUT2D eigenvalue weighted by Crippen LogP contribution is 2.18. The van der Waals surface area contributed by atoms with Gasteiger partial charge in [0.2, 0.25) is 0 Å². The first-order chi connectivity index (χ1) is 9.78. The van der Waals surface area contributed by atoms with Crippen LogP contribution in [-0.4, -0.2) is 38.3 Å². The van der Waals surface area contributed by atoms with Crippen LogP contribution in [0.1, 0.15) is 24.6 Å². The summed E-state index contributed by atoms with van der Waals surface area (Å²) in [5.74, 6) is 0.897. The molecule has 1 aromatic rings. The van der Waals surface area contributed by atoms with E-state index in [0.29, 0.717) is 6.10 Å². The Kier molecular flexibility index (Phi) is 7.09. The zero-order valence-corrected chi connectivity index (χ0v) is 14.8. The lowest BCUT2D eigenvalue weighted by Crippen LogP contribution is -2.38. The second kappa shape index (κ2) is 8.84. The molecule has 20 heavy (non-hydrogen) atoms. The second-order valence-electron chi connectivity index (χ2n) is 4.74. The van der Waals surface area contributed by atoms with Crippen LogP contribution < -0.4 is 10.6 Å². The second-order valence-corrected chi connectivity index (χ2v) is 7.80. The van der Waals surface area contributed by atoms with Crippen molar-refractivity contribution in [2.24, 2.45) is 4.99 Å². The maximum atomic E-state index is 5.60. The molecule has 0 radical (unpaired) electrons. The van der Waals surface area contributed by atoms with Gasteiger partial charge in [-0.25, -0.2) is 0 Å². The number of rotatable bonds is 6. The number of hydrogen-bond donors (Lipinski definition) is 2. The first-order valence-electron chi connectivity index (χ1n) is 7.16. The lowest BCUT2D eigenvalue weighted by atomic mass is 10.2. The van der Waals surface area contributed by atoms with Gasteiger partial charge in [-0.15, -0.1) is 11.3 Å². The summed E-state index contributed by atoms with van der Waals surface area (Å²) in [7, 11) is 0. The van der Waals surface area contributed by atoms with Crippen LogP contribution in [0.2, 0.25) is 0 Å². The van der Waals surface area contributed by atoms with Crippen LogP contribution in [0.3, 0.4) is 0 Å². The van der Waals surface area contributed by atoms with E-state index in [1.807, 2.05) is 11.3 Å². The van der Waals surface area contributed by atoms with E-state index in [9.17, 15) is 0 Å². The number of guanidine groups is 1. The monoisotopic (exact) mass is 407 g/mol. The van der Waals surface area contributed by atoms with Crippen molar-refractivity contribution in [2.45, 2.75) is 32.3 Å². The molecule has 1 saturated heterocycles. The highest BCUT2D eigenvalue weighted by molar-refractivity contribution is 14.1. The van der Waals surface area contributed by atoms with Crippen molar-refractivity contribution >= 4 is 39.9 Å². The van der Waals surface area contributed by atoms with Gasteiger partial charge < -0.3 is 15.4 Å².